The lowest BCUT2D eigenvalue weighted by atomic mass is 9.80. The van der Waals surface area contributed by atoms with Crippen molar-refractivity contribution in [2.45, 2.75) is 94.5 Å². The number of hydrogen-bond donors (Lipinski definition) is 4. The highest BCUT2D eigenvalue weighted by molar-refractivity contribution is 7.96. The van der Waals surface area contributed by atoms with Crippen molar-refractivity contribution in [3.63, 3.8) is 0 Å². The van der Waals surface area contributed by atoms with E-state index >= 15 is 0 Å². The van der Waals surface area contributed by atoms with E-state index in [4.69, 9.17) is 11.5 Å². The van der Waals surface area contributed by atoms with E-state index in [0.717, 1.165) is 15.8 Å². The van der Waals surface area contributed by atoms with Crippen molar-refractivity contribution in [2.75, 3.05) is 0 Å². The molecule has 1 heterocycles. The highest BCUT2D eigenvalue weighted by atomic mass is 32.1. The lowest BCUT2D eigenvalue weighted by Gasteiger charge is -2.27. The van der Waals surface area contributed by atoms with Crippen LogP contribution in [0.2, 0.25) is 0 Å². The minimum Gasteiger partial charge on any atom is -0.481 e. The molecule has 206 valence electrons. The van der Waals surface area contributed by atoms with E-state index in [2.05, 4.69) is 17.6 Å². The lowest BCUT2D eigenvalue weighted by Crippen LogP contribution is -2.38. The van der Waals surface area contributed by atoms with Crippen LogP contribution in [0.1, 0.15) is 81.2 Å². The zero-order valence-electron chi connectivity index (χ0n) is 22.1. The Morgan fingerprint density at radius 2 is 1.39 bits per heavy atom. The molecule has 5 rings (SSSR count). The molecule has 2 aliphatic rings. The highest BCUT2D eigenvalue weighted by Gasteiger charge is 2.43. The van der Waals surface area contributed by atoms with Gasteiger partial charge in [-0.3, -0.25) is 9.59 Å². The van der Waals surface area contributed by atoms with Crippen molar-refractivity contribution in [3.05, 3.63) is 65.2 Å². The van der Waals surface area contributed by atoms with Gasteiger partial charge in [-0.2, -0.15) is 0 Å². The molecule has 0 spiro atoms. The van der Waals surface area contributed by atoms with Crippen molar-refractivity contribution in [1.82, 2.24) is 4.98 Å². The maximum Gasteiger partial charge on any atom is 0.304 e. The minimum atomic E-state index is -1.28. The van der Waals surface area contributed by atoms with Gasteiger partial charge in [0.05, 0.1) is 16.6 Å². The quantitative estimate of drug-likeness (QED) is 0.266. The predicted molar refractivity (Wildman–Crippen MR) is 160 cm³/mol. The lowest BCUT2D eigenvalue weighted by molar-refractivity contribution is -0.140. The summed E-state index contributed by atoms with van der Waals surface area (Å²) in [5.41, 5.74) is 11.6. The van der Waals surface area contributed by atoms with Gasteiger partial charge in [-0.1, -0.05) is 81.0 Å². The van der Waals surface area contributed by atoms with Gasteiger partial charge in [0.2, 0.25) is 0 Å². The summed E-state index contributed by atoms with van der Waals surface area (Å²) in [6, 6.07) is 17.9. The second-order valence-corrected chi connectivity index (χ2v) is 11.8. The number of thiazole rings is 1. The molecule has 0 aliphatic heterocycles. The number of nitrogens with zero attached hydrogens (tertiary/aromatic N) is 1. The third-order valence-electron chi connectivity index (χ3n) is 7.21. The molecule has 8 heteroatoms. The molecule has 0 radical (unpaired) electrons. The Kier molecular flexibility index (Phi) is 12.2. The van der Waals surface area contributed by atoms with E-state index in [1.54, 1.807) is 0 Å². The molecule has 38 heavy (non-hydrogen) atoms. The summed E-state index contributed by atoms with van der Waals surface area (Å²) in [4.78, 5) is 28.5. The smallest absolute Gasteiger partial charge is 0.304 e. The van der Waals surface area contributed by atoms with Crippen LogP contribution in [0.15, 0.2) is 54.6 Å². The van der Waals surface area contributed by atoms with E-state index in [1.165, 1.54) is 75.5 Å². The number of carbonyl (C=O) groups is 2. The second kappa shape index (κ2) is 15.4. The van der Waals surface area contributed by atoms with Crippen LogP contribution in [-0.2, 0) is 21.4 Å². The molecule has 2 aliphatic carbocycles. The van der Waals surface area contributed by atoms with Gasteiger partial charge in [-0.15, -0.1) is 24.0 Å². The third kappa shape index (κ3) is 9.19. The first-order valence-electron chi connectivity index (χ1n) is 13.7. The Labute approximate surface area is 235 Å². The number of hydrogen-bond acceptors (Lipinski definition) is 6. The third-order valence-corrected chi connectivity index (χ3v) is 8.88. The van der Waals surface area contributed by atoms with Crippen molar-refractivity contribution in [2.24, 2.45) is 11.5 Å². The normalized spacial score (nSPS) is 17.9. The van der Waals surface area contributed by atoms with E-state index in [1.807, 2.05) is 54.6 Å². The van der Waals surface area contributed by atoms with E-state index in [9.17, 15) is 14.7 Å². The predicted octanol–water partition coefficient (Wildman–Crippen LogP) is 6.26. The molecule has 1 atom stereocenters. The minimum absolute atomic E-state index is 0.252. The van der Waals surface area contributed by atoms with E-state index in [0.29, 0.717) is 17.1 Å². The van der Waals surface area contributed by atoms with Gasteiger partial charge in [-0.25, -0.2) is 4.98 Å². The second-order valence-electron chi connectivity index (χ2n) is 10.4. The largest absolute Gasteiger partial charge is 0.481 e. The van der Waals surface area contributed by atoms with Gasteiger partial charge >= 0.3 is 5.97 Å². The number of benzene rings is 2. The highest BCUT2D eigenvalue weighted by Crippen LogP contribution is 2.39. The molecule has 0 saturated heterocycles. The van der Waals surface area contributed by atoms with Crippen LogP contribution >= 0.6 is 24.0 Å². The summed E-state index contributed by atoms with van der Waals surface area (Å²) in [6.07, 6.45) is 13.2. The Hall–Kier alpha value is -2.26. The monoisotopic (exact) mass is 555 g/mol. The summed E-state index contributed by atoms with van der Waals surface area (Å²) < 4.78 is 0.921. The Morgan fingerprint density at radius 1 is 0.868 bits per heavy atom. The molecule has 5 N–H and O–H groups in total. The van der Waals surface area contributed by atoms with Gasteiger partial charge in [0, 0.05) is 12.1 Å². The van der Waals surface area contributed by atoms with Crippen LogP contribution in [0.3, 0.4) is 0 Å². The Bertz CT molecular complexity index is 1090. The summed E-state index contributed by atoms with van der Waals surface area (Å²) in [5, 5.41) is 9.42. The molecule has 2 aromatic carbocycles. The number of carboxylic acids is 1. The fourth-order valence-electron chi connectivity index (χ4n) is 5.00. The fourth-order valence-corrected chi connectivity index (χ4v) is 6.49. The number of fused-ring (bicyclic) bond motifs is 1. The van der Waals surface area contributed by atoms with Crippen LogP contribution in [0.4, 0.5) is 0 Å². The number of carboxylic acid groups (broad SMARTS) is 1. The first kappa shape index (κ1) is 30.3. The van der Waals surface area contributed by atoms with Crippen LogP contribution < -0.4 is 11.5 Å². The number of nitrogens with two attached hydrogens (primary N) is 2. The van der Waals surface area contributed by atoms with Gasteiger partial charge in [0.15, 0.2) is 5.12 Å². The summed E-state index contributed by atoms with van der Waals surface area (Å²) in [7, 11) is 0. The molecule has 0 amide bonds. The summed E-state index contributed by atoms with van der Waals surface area (Å²) in [6.45, 7) is 0. The van der Waals surface area contributed by atoms with Gasteiger partial charge in [-0.05, 0) is 49.8 Å². The fraction of sp³-hybridized carbons (Fsp3) is 0.500. The average molecular weight is 556 g/mol. The topological polar surface area (TPSA) is 119 Å². The summed E-state index contributed by atoms with van der Waals surface area (Å²) in [5.74, 6) is -1.05. The molecule has 0 bridgehead atoms. The Morgan fingerprint density at radius 3 is 1.84 bits per heavy atom. The zero-order valence-corrected chi connectivity index (χ0v) is 23.8. The number of aliphatic carboxylic acids is 1. The number of rotatable bonds is 6. The maximum atomic E-state index is 12.5. The molecule has 1 aromatic heterocycles. The summed E-state index contributed by atoms with van der Waals surface area (Å²) >= 11 is 5.39. The van der Waals surface area contributed by atoms with Crippen molar-refractivity contribution in [3.8, 4) is 0 Å². The SMILES string of the molecule is NC1CCCCC1.NC1CCCCC1.O=C(O)CC(Cc1ccccc1)(C(=O)S)c1nc2ccccc2s1. The maximum absolute atomic E-state index is 12.5. The number of carbonyl (C=O) groups excluding carboxylic acids is 1. The van der Waals surface area contributed by atoms with Crippen LogP contribution in [0, 0.1) is 0 Å². The Balaban J connectivity index is 0.000000231. The van der Waals surface area contributed by atoms with Crippen LogP contribution in [0.5, 0.6) is 0 Å². The van der Waals surface area contributed by atoms with Crippen molar-refractivity contribution < 1.29 is 14.7 Å². The zero-order chi connectivity index (χ0) is 27.4. The van der Waals surface area contributed by atoms with E-state index in [-0.39, 0.29) is 12.8 Å². The number of aromatic nitrogens is 1. The molecule has 6 nitrogen and oxygen atoms in total. The van der Waals surface area contributed by atoms with Gasteiger partial charge in [0.25, 0.3) is 0 Å². The van der Waals surface area contributed by atoms with Crippen molar-refractivity contribution in [1.29, 1.82) is 0 Å². The average Bonchev–Trinajstić information content (AvgIpc) is 3.35. The first-order chi connectivity index (χ1) is 18.3. The van der Waals surface area contributed by atoms with E-state index < -0.39 is 16.5 Å². The van der Waals surface area contributed by atoms with Crippen LogP contribution in [-0.4, -0.2) is 33.3 Å². The molecular formula is C30H41N3O3S2. The molecule has 3 aromatic rings. The van der Waals surface area contributed by atoms with Crippen LogP contribution in [0.25, 0.3) is 10.2 Å². The van der Waals surface area contributed by atoms with Gasteiger partial charge < -0.3 is 16.6 Å². The number of para-hydroxylation sites is 1. The standard InChI is InChI=1S/C18H15NO3S2.2C6H13N/c20-15(21)11-18(17(22)23,10-12-6-2-1-3-7-12)16-19-13-8-4-5-9-14(13)24-16;2*7-6-4-2-1-3-5-6/h1-9H,10-11H2,(H,20,21)(H,22,23);2*6H,1-5,7H2. The van der Waals surface area contributed by atoms with Gasteiger partial charge in [0.1, 0.15) is 10.4 Å². The molecule has 2 saturated carbocycles. The number of thiol groups is 1. The molecule has 1 unspecified atom stereocenters. The first-order valence-corrected chi connectivity index (χ1v) is 14.9. The molecular weight excluding hydrogens is 514 g/mol. The molecule has 2 fully saturated rings. The van der Waals surface area contributed by atoms with Crippen molar-refractivity contribution >= 4 is 45.3 Å².